The van der Waals surface area contributed by atoms with E-state index < -0.39 is 17.8 Å². The molecule has 1 fully saturated rings. The van der Waals surface area contributed by atoms with E-state index in [4.69, 9.17) is 9.47 Å². The number of nitrogens with zero attached hydrogens (tertiary/aromatic N) is 1. The summed E-state index contributed by atoms with van der Waals surface area (Å²) in [4.78, 5) is 38.3. The molecule has 1 saturated heterocycles. The Labute approximate surface area is 197 Å². The zero-order chi connectivity index (χ0) is 24.6. The maximum atomic E-state index is 12.5. The molecule has 3 amide bonds. The van der Waals surface area contributed by atoms with Crippen LogP contribution in [0.15, 0.2) is 24.3 Å². The number of amides is 3. The van der Waals surface area contributed by atoms with Gasteiger partial charge in [0.15, 0.2) is 6.10 Å². The molecular weight excluding hydrogens is 422 g/mol. The molecule has 1 aromatic carbocycles. The van der Waals surface area contributed by atoms with Crippen molar-refractivity contribution in [2.75, 3.05) is 26.2 Å². The van der Waals surface area contributed by atoms with E-state index in [0.717, 1.165) is 24.2 Å². The second kappa shape index (κ2) is 11.9. The molecule has 2 N–H and O–H groups in total. The van der Waals surface area contributed by atoms with Crippen LogP contribution in [0.2, 0.25) is 0 Å². The van der Waals surface area contributed by atoms with Crippen molar-refractivity contribution in [2.45, 2.75) is 72.0 Å². The summed E-state index contributed by atoms with van der Waals surface area (Å²) in [5, 5.41) is 5.49. The molecule has 1 aromatic rings. The minimum absolute atomic E-state index is 0.0803. The Kier molecular flexibility index (Phi) is 9.56. The molecule has 0 saturated carbocycles. The first-order chi connectivity index (χ1) is 15.5. The van der Waals surface area contributed by atoms with E-state index in [1.807, 2.05) is 24.3 Å². The second-order valence-corrected chi connectivity index (χ2v) is 9.88. The molecule has 0 bridgehead atoms. The molecule has 8 nitrogen and oxygen atoms in total. The highest BCUT2D eigenvalue weighted by Gasteiger charge is 2.25. The molecular formula is C25H39N3O5. The number of nitrogens with one attached hydrogen (secondary N) is 2. The summed E-state index contributed by atoms with van der Waals surface area (Å²) in [5.41, 5.74) is 0.478. The van der Waals surface area contributed by atoms with Crippen LogP contribution in [0.5, 0.6) is 5.75 Å². The number of hydrogen-bond donors (Lipinski definition) is 2. The summed E-state index contributed by atoms with van der Waals surface area (Å²) in [6, 6.07) is 7.79. The van der Waals surface area contributed by atoms with Gasteiger partial charge in [-0.25, -0.2) is 4.79 Å². The molecule has 1 aliphatic rings. The lowest BCUT2D eigenvalue weighted by Gasteiger charge is -2.32. The van der Waals surface area contributed by atoms with Crippen LogP contribution in [0.1, 0.15) is 65.9 Å². The smallest absolute Gasteiger partial charge is 0.408 e. The van der Waals surface area contributed by atoms with Gasteiger partial charge in [-0.05, 0) is 64.0 Å². The molecule has 33 heavy (non-hydrogen) atoms. The number of benzene rings is 1. The fourth-order valence-corrected chi connectivity index (χ4v) is 3.66. The standard InChI is InChI=1S/C25H39N3O5/c1-17(2)20-9-7-8-10-21(20)32-18(3)23(30)26-15-19-11-13-28(14-12-19)22(29)16-27-24(31)33-25(4,5)6/h7-10,17-19H,11-16H2,1-6H3,(H,26,30)(H,27,31). The molecule has 1 atom stereocenters. The first-order valence-corrected chi connectivity index (χ1v) is 11.7. The molecule has 0 aliphatic carbocycles. The van der Waals surface area contributed by atoms with Gasteiger partial charge < -0.3 is 25.0 Å². The third kappa shape index (κ3) is 8.94. The molecule has 8 heteroatoms. The summed E-state index contributed by atoms with van der Waals surface area (Å²) in [6.45, 7) is 12.9. The third-order valence-corrected chi connectivity index (χ3v) is 5.53. The van der Waals surface area contributed by atoms with Gasteiger partial charge >= 0.3 is 6.09 Å². The molecule has 1 heterocycles. The molecule has 0 radical (unpaired) electrons. The van der Waals surface area contributed by atoms with Gasteiger partial charge in [0.2, 0.25) is 5.91 Å². The van der Waals surface area contributed by atoms with Crippen LogP contribution in [0, 0.1) is 5.92 Å². The lowest BCUT2D eigenvalue weighted by atomic mass is 9.96. The molecule has 184 valence electrons. The van der Waals surface area contributed by atoms with Crippen LogP contribution in [0.25, 0.3) is 0 Å². The Morgan fingerprint density at radius 1 is 1.06 bits per heavy atom. The number of para-hydroxylation sites is 1. The largest absolute Gasteiger partial charge is 0.481 e. The number of carbonyl (C=O) groups is 3. The summed E-state index contributed by atoms with van der Waals surface area (Å²) < 4.78 is 11.1. The monoisotopic (exact) mass is 461 g/mol. The SMILES string of the molecule is CC(Oc1ccccc1C(C)C)C(=O)NCC1CCN(C(=O)CNC(=O)OC(C)(C)C)CC1. The number of rotatable bonds is 8. The Morgan fingerprint density at radius 2 is 1.70 bits per heavy atom. The highest BCUT2D eigenvalue weighted by atomic mass is 16.6. The first kappa shape index (κ1) is 26.5. The maximum Gasteiger partial charge on any atom is 0.408 e. The molecule has 2 rings (SSSR count). The van der Waals surface area contributed by atoms with Gasteiger partial charge in [0.1, 0.15) is 17.9 Å². The van der Waals surface area contributed by atoms with Gasteiger partial charge in [-0.15, -0.1) is 0 Å². The normalized spacial score (nSPS) is 15.7. The van der Waals surface area contributed by atoms with E-state index in [1.165, 1.54) is 0 Å². The summed E-state index contributed by atoms with van der Waals surface area (Å²) >= 11 is 0. The highest BCUT2D eigenvalue weighted by molar-refractivity contribution is 5.82. The molecule has 0 aromatic heterocycles. The quantitative estimate of drug-likeness (QED) is 0.618. The van der Waals surface area contributed by atoms with Crippen molar-refractivity contribution in [3.05, 3.63) is 29.8 Å². The van der Waals surface area contributed by atoms with E-state index in [0.29, 0.717) is 31.5 Å². The number of likely N-dealkylation sites (tertiary alicyclic amines) is 1. The van der Waals surface area contributed by atoms with Crippen LogP contribution in [-0.4, -0.2) is 60.7 Å². The van der Waals surface area contributed by atoms with Gasteiger partial charge in [0, 0.05) is 19.6 Å². The van der Waals surface area contributed by atoms with Gasteiger partial charge in [0.25, 0.3) is 5.91 Å². The van der Waals surface area contributed by atoms with Gasteiger partial charge in [-0.1, -0.05) is 32.0 Å². The lowest BCUT2D eigenvalue weighted by Crippen LogP contribution is -2.47. The Hall–Kier alpha value is -2.77. The fraction of sp³-hybridized carbons (Fsp3) is 0.640. The van der Waals surface area contributed by atoms with Crippen molar-refractivity contribution >= 4 is 17.9 Å². The van der Waals surface area contributed by atoms with Crippen LogP contribution in [-0.2, 0) is 14.3 Å². The van der Waals surface area contributed by atoms with Crippen molar-refractivity contribution in [3.8, 4) is 5.75 Å². The molecule has 0 spiro atoms. The highest BCUT2D eigenvalue weighted by Crippen LogP contribution is 2.26. The Morgan fingerprint density at radius 3 is 2.30 bits per heavy atom. The van der Waals surface area contributed by atoms with Crippen LogP contribution >= 0.6 is 0 Å². The van der Waals surface area contributed by atoms with E-state index in [2.05, 4.69) is 24.5 Å². The van der Waals surface area contributed by atoms with Gasteiger partial charge in [-0.3, -0.25) is 9.59 Å². The van der Waals surface area contributed by atoms with E-state index in [-0.39, 0.29) is 18.4 Å². The van der Waals surface area contributed by atoms with Gasteiger partial charge in [0.05, 0.1) is 0 Å². The van der Waals surface area contributed by atoms with Crippen molar-refractivity contribution in [2.24, 2.45) is 5.92 Å². The second-order valence-electron chi connectivity index (χ2n) is 9.88. The third-order valence-electron chi connectivity index (χ3n) is 5.53. The lowest BCUT2D eigenvalue weighted by molar-refractivity contribution is -0.132. The van der Waals surface area contributed by atoms with Gasteiger partial charge in [-0.2, -0.15) is 0 Å². The summed E-state index contributed by atoms with van der Waals surface area (Å²) in [5.74, 6) is 1.07. The number of piperidine rings is 1. The van der Waals surface area contributed by atoms with Crippen molar-refractivity contribution in [1.82, 2.24) is 15.5 Å². The van der Waals surface area contributed by atoms with Crippen molar-refractivity contribution in [1.29, 1.82) is 0 Å². The van der Waals surface area contributed by atoms with E-state index in [9.17, 15) is 14.4 Å². The van der Waals surface area contributed by atoms with Crippen LogP contribution in [0.3, 0.4) is 0 Å². The Bertz CT molecular complexity index is 811. The number of carbonyl (C=O) groups excluding carboxylic acids is 3. The summed E-state index contributed by atoms with van der Waals surface area (Å²) in [7, 11) is 0. The summed E-state index contributed by atoms with van der Waals surface area (Å²) in [6.07, 6.45) is 0.402. The number of ether oxygens (including phenoxy) is 2. The average molecular weight is 462 g/mol. The molecule has 1 aliphatic heterocycles. The predicted octanol–water partition coefficient (Wildman–Crippen LogP) is 3.46. The predicted molar refractivity (Wildman–Crippen MR) is 127 cm³/mol. The van der Waals surface area contributed by atoms with Crippen LogP contribution < -0.4 is 15.4 Å². The first-order valence-electron chi connectivity index (χ1n) is 11.7. The topological polar surface area (TPSA) is 97.0 Å². The Balaban J connectivity index is 1.71. The van der Waals surface area contributed by atoms with Crippen molar-refractivity contribution in [3.63, 3.8) is 0 Å². The minimum Gasteiger partial charge on any atom is -0.481 e. The van der Waals surface area contributed by atoms with Crippen molar-refractivity contribution < 1.29 is 23.9 Å². The van der Waals surface area contributed by atoms with E-state index in [1.54, 1.807) is 32.6 Å². The van der Waals surface area contributed by atoms with E-state index >= 15 is 0 Å². The minimum atomic E-state index is -0.601. The number of hydrogen-bond acceptors (Lipinski definition) is 5. The number of alkyl carbamates (subject to hydrolysis) is 1. The molecule has 1 unspecified atom stereocenters. The maximum absolute atomic E-state index is 12.5. The fourth-order valence-electron chi connectivity index (χ4n) is 3.66. The zero-order valence-corrected chi connectivity index (χ0v) is 20.8. The zero-order valence-electron chi connectivity index (χ0n) is 20.8. The van der Waals surface area contributed by atoms with Crippen LogP contribution in [0.4, 0.5) is 4.79 Å². The average Bonchev–Trinajstić information content (AvgIpc) is 2.75.